The van der Waals surface area contributed by atoms with E-state index < -0.39 is 0 Å². The van der Waals surface area contributed by atoms with E-state index >= 15 is 0 Å². The standard InChI is InChI=1S/C9H18N2O/c1-8(12)11-6-4-3-5-9(11,2)7-10/h3-7,10H2,1-2H3. The Morgan fingerprint density at radius 3 is 2.67 bits per heavy atom. The Morgan fingerprint density at radius 2 is 2.25 bits per heavy atom. The molecule has 2 N–H and O–H groups in total. The van der Waals surface area contributed by atoms with Crippen molar-refractivity contribution in [3.63, 3.8) is 0 Å². The second-order valence-electron chi connectivity index (χ2n) is 3.83. The summed E-state index contributed by atoms with van der Waals surface area (Å²) in [5.41, 5.74) is 5.59. The molecule has 1 unspecified atom stereocenters. The lowest BCUT2D eigenvalue weighted by molar-refractivity contribution is -0.136. The largest absolute Gasteiger partial charge is 0.336 e. The molecule has 0 saturated carbocycles. The number of piperidine rings is 1. The van der Waals surface area contributed by atoms with Crippen LogP contribution >= 0.6 is 0 Å². The van der Waals surface area contributed by atoms with Crippen LogP contribution in [0.2, 0.25) is 0 Å². The number of likely N-dealkylation sites (tertiary alicyclic amines) is 1. The zero-order valence-corrected chi connectivity index (χ0v) is 7.97. The van der Waals surface area contributed by atoms with Crippen LogP contribution in [0.5, 0.6) is 0 Å². The van der Waals surface area contributed by atoms with E-state index in [0.717, 1.165) is 19.4 Å². The number of nitrogens with two attached hydrogens (primary N) is 1. The lowest BCUT2D eigenvalue weighted by atomic mass is 9.88. The van der Waals surface area contributed by atoms with Crippen molar-refractivity contribution in [2.75, 3.05) is 13.1 Å². The molecule has 0 radical (unpaired) electrons. The van der Waals surface area contributed by atoms with Gasteiger partial charge in [0.25, 0.3) is 0 Å². The van der Waals surface area contributed by atoms with Crippen molar-refractivity contribution >= 4 is 5.91 Å². The summed E-state index contributed by atoms with van der Waals surface area (Å²) >= 11 is 0. The summed E-state index contributed by atoms with van der Waals surface area (Å²) in [5.74, 6) is 0.155. The van der Waals surface area contributed by atoms with Gasteiger partial charge in [0.15, 0.2) is 0 Å². The molecule has 0 bridgehead atoms. The van der Waals surface area contributed by atoms with E-state index in [2.05, 4.69) is 6.92 Å². The third-order valence-electron chi connectivity index (χ3n) is 2.82. The monoisotopic (exact) mass is 170 g/mol. The molecule has 1 amide bonds. The van der Waals surface area contributed by atoms with Crippen LogP contribution in [-0.2, 0) is 4.79 Å². The molecule has 1 fully saturated rings. The van der Waals surface area contributed by atoms with Gasteiger partial charge in [-0.05, 0) is 26.2 Å². The Labute approximate surface area is 73.9 Å². The lowest BCUT2D eigenvalue weighted by Gasteiger charge is -2.43. The number of carbonyl (C=O) groups is 1. The van der Waals surface area contributed by atoms with Gasteiger partial charge in [0.1, 0.15) is 0 Å². The van der Waals surface area contributed by atoms with Gasteiger partial charge in [0.05, 0.1) is 5.54 Å². The van der Waals surface area contributed by atoms with E-state index in [1.54, 1.807) is 6.92 Å². The molecule has 1 rings (SSSR count). The van der Waals surface area contributed by atoms with Crippen LogP contribution in [0.3, 0.4) is 0 Å². The van der Waals surface area contributed by atoms with Crippen molar-refractivity contribution in [3.8, 4) is 0 Å². The van der Waals surface area contributed by atoms with E-state index in [1.165, 1.54) is 6.42 Å². The molecule has 0 aliphatic carbocycles. The van der Waals surface area contributed by atoms with Gasteiger partial charge < -0.3 is 10.6 Å². The topological polar surface area (TPSA) is 46.3 Å². The van der Waals surface area contributed by atoms with Crippen molar-refractivity contribution < 1.29 is 4.79 Å². The van der Waals surface area contributed by atoms with E-state index in [9.17, 15) is 4.79 Å². The molecule has 0 spiro atoms. The van der Waals surface area contributed by atoms with Crippen LogP contribution in [0.25, 0.3) is 0 Å². The summed E-state index contributed by atoms with van der Waals surface area (Å²) in [5, 5.41) is 0. The van der Waals surface area contributed by atoms with Gasteiger partial charge in [-0.3, -0.25) is 4.79 Å². The van der Waals surface area contributed by atoms with Crippen molar-refractivity contribution in [3.05, 3.63) is 0 Å². The first-order valence-electron chi connectivity index (χ1n) is 4.58. The van der Waals surface area contributed by atoms with Crippen molar-refractivity contribution in [2.24, 2.45) is 5.73 Å². The molecule has 1 saturated heterocycles. The first kappa shape index (κ1) is 9.52. The summed E-state index contributed by atoms with van der Waals surface area (Å²) in [6, 6.07) is 0. The fourth-order valence-corrected chi connectivity index (χ4v) is 1.93. The van der Waals surface area contributed by atoms with Gasteiger partial charge in [0.2, 0.25) is 5.91 Å². The van der Waals surface area contributed by atoms with Gasteiger partial charge in [-0.1, -0.05) is 0 Å². The minimum atomic E-state index is -0.0793. The lowest BCUT2D eigenvalue weighted by Crippen LogP contribution is -2.56. The number of hydrogen-bond donors (Lipinski definition) is 1. The average Bonchev–Trinajstić information content (AvgIpc) is 2.05. The average molecular weight is 170 g/mol. The van der Waals surface area contributed by atoms with E-state index in [0.29, 0.717) is 6.54 Å². The molecule has 0 aromatic rings. The number of nitrogens with zero attached hydrogens (tertiary/aromatic N) is 1. The maximum atomic E-state index is 11.2. The van der Waals surface area contributed by atoms with E-state index in [4.69, 9.17) is 5.73 Å². The van der Waals surface area contributed by atoms with Crippen LogP contribution in [0.15, 0.2) is 0 Å². The molecule has 0 aromatic heterocycles. The number of rotatable bonds is 1. The first-order valence-corrected chi connectivity index (χ1v) is 4.58. The Balaban J connectivity index is 2.73. The maximum Gasteiger partial charge on any atom is 0.219 e. The first-order chi connectivity index (χ1) is 5.60. The number of hydrogen-bond acceptors (Lipinski definition) is 2. The zero-order chi connectivity index (χ0) is 9.19. The normalized spacial score (nSPS) is 30.4. The Hall–Kier alpha value is -0.570. The fourth-order valence-electron chi connectivity index (χ4n) is 1.93. The number of amides is 1. The molecular weight excluding hydrogens is 152 g/mol. The fraction of sp³-hybridized carbons (Fsp3) is 0.889. The van der Waals surface area contributed by atoms with Gasteiger partial charge in [-0.2, -0.15) is 0 Å². The van der Waals surface area contributed by atoms with Crippen LogP contribution < -0.4 is 5.73 Å². The third kappa shape index (κ3) is 1.61. The van der Waals surface area contributed by atoms with Gasteiger partial charge >= 0.3 is 0 Å². The highest BCUT2D eigenvalue weighted by atomic mass is 16.2. The highest BCUT2D eigenvalue weighted by Gasteiger charge is 2.34. The van der Waals surface area contributed by atoms with Crippen molar-refractivity contribution in [1.82, 2.24) is 4.90 Å². The Kier molecular flexibility index (Phi) is 2.73. The SMILES string of the molecule is CC(=O)N1CCCCC1(C)CN. The highest BCUT2D eigenvalue weighted by molar-refractivity contribution is 5.74. The maximum absolute atomic E-state index is 11.2. The Morgan fingerprint density at radius 1 is 1.58 bits per heavy atom. The van der Waals surface area contributed by atoms with Crippen LogP contribution in [-0.4, -0.2) is 29.4 Å². The predicted molar refractivity (Wildman–Crippen MR) is 48.7 cm³/mol. The zero-order valence-electron chi connectivity index (χ0n) is 7.97. The number of carbonyl (C=O) groups excluding carboxylic acids is 1. The molecule has 1 aliphatic heterocycles. The summed E-state index contributed by atoms with van der Waals surface area (Å²) in [4.78, 5) is 13.2. The molecule has 3 heteroatoms. The summed E-state index contributed by atoms with van der Waals surface area (Å²) in [7, 11) is 0. The smallest absolute Gasteiger partial charge is 0.219 e. The van der Waals surface area contributed by atoms with Gasteiger partial charge in [-0.15, -0.1) is 0 Å². The molecule has 12 heavy (non-hydrogen) atoms. The van der Waals surface area contributed by atoms with Crippen molar-refractivity contribution in [1.29, 1.82) is 0 Å². The summed E-state index contributed by atoms with van der Waals surface area (Å²) < 4.78 is 0. The Bertz CT molecular complexity index is 181. The molecule has 1 heterocycles. The molecule has 3 nitrogen and oxygen atoms in total. The van der Waals surface area contributed by atoms with Crippen LogP contribution in [0.4, 0.5) is 0 Å². The van der Waals surface area contributed by atoms with Crippen LogP contribution in [0, 0.1) is 0 Å². The molecular formula is C9H18N2O. The quantitative estimate of drug-likeness (QED) is 0.630. The summed E-state index contributed by atoms with van der Waals surface area (Å²) in [6.45, 7) is 5.16. The highest BCUT2D eigenvalue weighted by Crippen LogP contribution is 2.26. The third-order valence-corrected chi connectivity index (χ3v) is 2.82. The van der Waals surface area contributed by atoms with E-state index in [-0.39, 0.29) is 11.4 Å². The van der Waals surface area contributed by atoms with E-state index in [1.807, 2.05) is 4.90 Å². The summed E-state index contributed by atoms with van der Waals surface area (Å²) in [6.07, 6.45) is 3.36. The molecule has 0 aromatic carbocycles. The minimum Gasteiger partial charge on any atom is -0.336 e. The molecule has 1 aliphatic rings. The van der Waals surface area contributed by atoms with Crippen molar-refractivity contribution in [2.45, 2.75) is 38.6 Å². The van der Waals surface area contributed by atoms with Gasteiger partial charge in [0, 0.05) is 20.0 Å². The minimum absolute atomic E-state index is 0.0793. The van der Waals surface area contributed by atoms with Gasteiger partial charge in [-0.25, -0.2) is 0 Å². The molecule has 1 atom stereocenters. The predicted octanol–water partition coefficient (Wildman–Crippen LogP) is 0.736. The second-order valence-corrected chi connectivity index (χ2v) is 3.83. The second kappa shape index (κ2) is 3.44. The van der Waals surface area contributed by atoms with Crippen LogP contribution in [0.1, 0.15) is 33.1 Å². The molecule has 70 valence electrons.